The van der Waals surface area contributed by atoms with Crippen molar-refractivity contribution in [3.63, 3.8) is 0 Å². The van der Waals surface area contributed by atoms with Crippen molar-refractivity contribution >= 4 is 11.6 Å². The second-order valence-electron chi connectivity index (χ2n) is 8.53. The quantitative estimate of drug-likeness (QED) is 0.742. The summed E-state index contributed by atoms with van der Waals surface area (Å²) in [5.41, 5.74) is 0.796. The van der Waals surface area contributed by atoms with Crippen LogP contribution in [0.25, 0.3) is 0 Å². The number of aliphatic hydroxyl groups is 1. The molecule has 0 unspecified atom stereocenters. The van der Waals surface area contributed by atoms with Crippen molar-refractivity contribution < 1.29 is 20.2 Å². The minimum absolute atomic E-state index is 0. The fraction of sp³-hybridized carbons (Fsp3) is 0.789. The van der Waals surface area contributed by atoms with Gasteiger partial charge in [-0.05, 0) is 66.9 Å². The lowest BCUT2D eigenvalue weighted by Crippen LogP contribution is -2.54. The van der Waals surface area contributed by atoms with Crippen molar-refractivity contribution in [1.82, 2.24) is 0 Å². The number of fused-ring (bicyclic) bond motifs is 5. The molecule has 0 bridgehead atoms. The number of carbonyl (C=O) groups is 2. The molecule has 0 heterocycles. The Morgan fingerprint density at radius 1 is 1.04 bits per heavy atom. The van der Waals surface area contributed by atoms with Crippen LogP contribution >= 0.6 is 0 Å². The summed E-state index contributed by atoms with van der Waals surface area (Å²) in [5.74, 6) is 2.01. The van der Waals surface area contributed by atoms with E-state index in [-0.39, 0.29) is 22.1 Å². The number of hydrogen-bond acceptors (Lipinski definition) is 3. The first-order valence-electron chi connectivity index (χ1n) is 8.82. The van der Waals surface area contributed by atoms with E-state index in [0.29, 0.717) is 30.0 Å². The SMILES string of the molecule is C[C@]12CCC(=O)C=C1[C@H](O)C[C@@H]1[C@@H]2CC[C@]2(C)C(=O)CC[C@@H]12.O. The zero-order valence-corrected chi connectivity index (χ0v) is 14.1. The van der Waals surface area contributed by atoms with Crippen LogP contribution in [0, 0.1) is 28.6 Å². The molecule has 3 N–H and O–H groups in total. The maximum atomic E-state index is 12.4. The molecule has 0 radical (unpaired) electrons. The zero-order valence-electron chi connectivity index (χ0n) is 14.1. The summed E-state index contributed by atoms with van der Waals surface area (Å²) in [6, 6.07) is 0. The average molecular weight is 320 g/mol. The first-order chi connectivity index (χ1) is 10.4. The predicted molar refractivity (Wildman–Crippen MR) is 86.7 cm³/mol. The van der Waals surface area contributed by atoms with Gasteiger partial charge in [0.1, 0.15) is 5.78 Å². The third kappa shape index (κ3) is 2.11. The first kappa shape index (κ1) is 16.8. The van der Waals surface area contributed by atoms with Crippen LogP contribution < -0.4 is 0 Å². The molecule has 0 saturated heterocycles. The summed E-state index contributed by atoms with van der Waals surface area (Å²) in [7, 11) is 0. The Labute approximate surface area is 137 Å². The Bertz CT molecular complexity index is 580. The molecular formula is C19H28O4. The standard InChI is InChI=1S/C19H26O3.H2O/c1-18-7-5-11(20)9-15(18)16(21)10-12-13-3-4-17(22)19(13,2)8-6-14(12)18;/h9,12-14,16,21H,3-8,10H2,1-2H3;1H2/t12-,13-,14-,16+,18+,19-;/m0./s1. The lowest BCUT2D eigenvalue weighted by atomic mass is 9.47. The Balaban J connectivity index is 0.00000156. The molecule has 4 aliphatic carbocycles. The van der Waals surface area contributed by atoms with Crippen molar-refractivity contribution in [2.24, 2.45) is 28.6 Å². The van der Waals surface area contributed by atoms with E-state index in [1.807, 2.05) is 0 Å². The molecule has 0 aromatic heterocycles. The molecule has 0 amide bonds. The molecule has 0 spiro atoms. The molecule has 4 heteroatoms. The fourth-order valence-electron chi connectivity index (χ4n) is 6.38. The molecule has 3 saturated carbocycles. The predicted octanol–water partition coefficient (Wildman–Crippen LogP) is 2.23. The van der Waals surface area contributed by atoms with E-state index in [4.69, 9.17) is 0 Å². The van der Waals surface area contributed by atoms with Crippen LogP contribution in [-0.2, 0) is 9.59 Å². The Morgan fingerprint density at radius 2 is 1.74 bits per heavy atom. The van der Waals surface area contributed by atoms with Gasteiger partial charge in [-0.15, -0.1) is 0 Å². The Kier molecular flexibility index (Phi) is 3.84. The van der Waals surface area contributed by atoms with Crippen molar-refractivity contribution in [1.29, 1.82) is 0 Å². The van der Waals surface area contributed by atoms with Crippen LogP contribution in [0.3, 0.4) is 0 Å². The monoisotopic (exact) mass is 320 g/mol. The molecule has 4 aliphatic rings. The van der Waals surface area contributed by atoms with Crippen LogP contribution in [0.2, 0.25) is 0 Å². The summed E-state index contributed by atoms with van der Waals surface area (Å²) < 4.78 is 0. The van der Waals surface area contributed by atoms with E-state index in [1.54, 1.807) is 6.08 Å². The van der Waals surface area contributed by atoms with Gasteiger partial charge in [0.2, 0.25) is 0 Å². The van der Waals surface area contributed by atoms with E-state index in [9.17, 15) is 14.7 Å². The van der Waals surface area contributed by atoms with Gasteiger partial charge in [0.25, 0.3) is 0 Å². The van der Waals surface area contributed by atoms with E-state index >= 15 is 0 Å². The van der Waals surface area contributed by atoms with Gasteiger partial charge in [-0.3, -0.25) is 9.59 Å². The maximum Gasteiger partial charge on any atom is 0.155 e. The van der Waals surface area contributed by atoms with Crippen molar-refractivity contribution in [3.8, 4) is 0 Å². The van der Waals surface area contributed by atoms with Gasteiger partial charge in [0.15, 0.2) is 5.78 Å². The molecule has 0 aromatic rings. The van der Waals surface area contributed by atoms with E-state index < -0.39 is 6.10 Å². The van der Waals surface area contributed by atoms with E-state index in [1.165, 1.54) is 0 Å². The van der Waals surface area contributed by atoms with E-state index in [0.717, 1.165) is 44.1 Å². The number of hydrogen-bond donors (Lipinski definition) is 1. The van der Waals surface area contributed by atoms with Gasteiger partial charge in [0.05, 0.1) is 6.10 Å². The molecule has 23 heavy (non-hydrogen) atoms. The highest BCUT2D eigenvalue weighted by Crippen LogP contribution is 2.64. The highest BCUT2D eigenvalue weighted by atomic mass is 16.3. The average Bonchev–Trinajstić information content (AvgIpc) is 2.77. The van der Waals surface area contributed by atoms with Crippen molar-refractivity contribution in [2.75, 3.05) is 0 Å². The number of ketones is 2. The molecule has 4 nitrogen and oxygen atoms in total. The summed E-state index contributed by atoms with van der Waals surface area (Å²) in [6.07, 6.45) is 7.24. The Hall–Kier alpha value is -1.00. The van der Waals surface area contributed by atoms with E-state index in [2.05, 4.69) is 13.8 Å². The third-order valence-electron chi connectivity index (χ3n) is 7.69. The molecular weight excluding hydrogens is 292 g/mol. The smallest absolute Gasteiger partial charge is 0.155 e. The number of Topliss-reactive ketones (excluding diaryl/α,β-unsaturated/α-hetero) is 1. The van der Waals surface area contributed by atoms with Crippen LogP contribution in [0.1, 0.15) is 58.8 Å². The van der Waals surface area contributed by atoms with Crippen LogP contribution in [0.4, 0.5) is 0 Å². The highest BCUT2D eigenvalue weighted by molar-refractivity contribution is 5.92. The van der Waals surface area contributed by atoms with Crippen LogP contribution in [0.15, 0.2) is 11.6 Å². The molecule has 6 atom stereocenters. The summed E-state index contributed by atoms with van der Waals surface area (Å²) in [5, 5.41) is 10.7. The molecule has 128 valence electrons. The second-order valence-corrected chi connectivity index (χ2v) is 8.53. The maximum absolute atomic E-state index is 12.4. The third-order valence-corrected chi connectivity index (χ3v) is 7.69. The lowest BCUT2D eigenvalue weighted by Gasteiger charge is -2.58. The van der Waals surface area contributed by atoms with Crippen molar-refractivity contribution in [2.45, 2.75) is 64.9 Å². The van der Waals surface area contributed by atoms with Gasteiger partial charge in [-0.2, -0.15) is 0 Å². The minimum Gasteiger partial charge on any atom is -0.412 e. The topological polar surface area (TPSA) is 85.9 Å². The minimum atomic E-state index is -0.492. The second kappa shape index (κ2) is 5.25. The summed E-state index contributed by atoms with van der Waals surface area (Å²) in [6.45, 7) is 4.42. The van der Waals surface area contributed by atoms with Crippen LogP contribution in [-0.4, -0.2) is 28.3 Å². The van der Waals surface area contributed by atoms with Crippen molar-refractivity contribution in [3.05, 3.63) is 11.6 Å². The number of rotatable bonds is 0. The summed E-state index contributed by atoms with van der Waals surface area (Å²) >= 11 is 0. The number of carbonyl (C=O) groups excluding carboxylic acids is 2. The molecule has 4 rings (SSSR count). The highest BCUT2D eigenvalue weighted by Gasteiger charge is 2.60. The molecule has 0 aromatic carbocycles. The van der Waals surface area contributed by atoms with Crippen LogP contribution in [0.5, 0.6) is 0 Å². The fourth-order valence-corrected chi connectivity index (χ4v) is 6.38. The van der Waals surface area contributed by atoms with Gasteiger partial charge < -0.3 is 10.6 Å². The molecule has 3 fully saturated rings. The van der Waals surface area contributed by atoms with Gasteiger partial charge in [-0.25, -0.2) is 0 Å². The van der Waals surface area contributed by atoms with Gasteiger partial charge >= 0.3 is 0 Å². The van der Waals surface area contributed by atoms with Gasteiger partial charge in [0, 0.05) is 18.3 Å². The first-order valence-corrected chi connectivity index (χ1v) is 8.82. The molecule has 0 aliphatic heterocycles. The normalized spacial score (nSPS) is 48.7. The Morgan fingerprint density at radius 3 is 2.48 bits per heavy atom. The zero-order chi connectivity index (χ0) is 15.7. The van der Waals surface area contributed by atoms with Gasteiger partial charge in [-0.1, -0.05) is 13.8 Å². The number of aliphatic hydroxyl groups excluding tert-OH is 1. The lowest BCUT2D eigenvalue weighted by molar-refractivity contribution is -0.134. The summed E-state index contributed by atoms with van der Waals surface area (Å²) in [4.78, 5) is 24.2. The largest absolute Gasteiger partial charge is 0.412 e.